The highest BCUT2D eigenvalue weighted by atomic mass is 127. The number of nitrogens with zero attached hydrogens (tertiary/aromatic N) is 1. The fourth-order valence-corrected chi connectivity index (χ4v) is 2.13. The van der Waals surface area contributed by atoms with Gasteiger partial charge >= 0.3 is 0 Å². The van der Waals surface area contributed by atoms with E-state index in [4.69, 9.17) is 8.17 Å². The Bertz CT molecular complexity index is 188. The van der Waals surface area contributed by atoms with Crippen LogP contribution in [0.3, 0.4) is 0 Å². The van der Waals surface area contributed by atoms with Crippen molar-refractivity contribution in [1.29, 1.82) is 0 Å². The number of carbonyl (C=O) groups excluding carboxylic acids is 1. The largest absolute Gasteiger partial charge is 0.387 e. The molecule has 5 heteroatoms. The first-order chi connectivity index (χ1) is 6.19. The molecule has 0 aromatic heterocycles. The molecule has 0 radical (unpaired) electrons. The van der Waals surface area contributed by atoms with Crippen molar-refractivity contribution in [3.63, 3.8) is 0 Å². The van der Waals surface area contributed by atoms with Crippen LogP contribution in [0.1, 0.15) is 19.8 Å². The highest BCUT2D eigenvalue weighted by molar-refractivity contribution is 14.1. The number of piperidine rings is 1. The van der Waals surface area contributed by atoms with Crippen LogP contribution >= 0.6 is 23.0 Å². The molecule has 2 atom stereocenters. The van der Waals surface area contributed by atoms with Crippen molar-refractivity contribution in [3.05, 3.63) is 0 Å². The Kier molecular flexibility index (Phi) is 4.40. The monoisotopic (exact) mass is 299 g/mol. The molecular formula is C8H14INO3. The number of likely N-dealkylation sites (tertiary alicyclic amines) is 1. The summed E-state index contributed by atoms with van der Waals surface area (Å²) in [6.45, 7) is 2.28. The molecule has 1 N–H and O–H groups in total. The number of rotatable bonds is 2. The van der Waals surface area contributed by atoms with Crippen LogP contribution in [0.5, 0.6) is 0 Å². The van der Waals surface area contributed by atoms with Gasteiger partial charge in [-0.05, 0) is 19.8 Å². The Labute approximate surface area is 91.9 Å². The molecule has 4 nitrogen and oxygen atoms in total. The van der Waals surface area contributed by atoms with Gasteiger partial charge in [-0.3, -0.25) is 4.79 Å². The quantitative estimate of drug-likeness (QED) is 0.765. The van der Waals surface area contributed by atoms with Gasteiger partial charge in [0.15, 0.2) is 0 Å². The molecule has 0 aliphatic carbocycles. The molecule has 0 unspecified atom stereocenters. The standard InChI is InChI=1S/C8H14INO3/c1-6-4-7(13-9)2-3-10(6)8(12)5-11/h6-7,11H,2-5H2,1H3/t6-,7+/m0/s1. The Morgan fingerprint density at radius 1 is 1.77 bits per heavy atom. The van der Waals surface area contributed by atoms with Crippen molar-refractivity contribution >= 4 is 28.9 Å². The minimum absolute atomic E-state index is 0.174. The summed E-state index contributed by atoms with van der Waals surface area (Å²) in [6.07, 6.45) is 1.96. The molecule has 0 bridgehead atoms. The number of carbonyl (C=O) groups is 1. The number of hydrogen-bond acceptors (Lipinski definition) is 3. The third kappa shape index (κ3) is 2.78. The van der Waals surface area contributed by atoms with E-state index in [0.29, 0.717) is 6.54 Å². The second kappa shape index (κ2) is 5.11. The first kappa shape index (κ1) is 11.2. The number of halogens is 1. The number of hydrogen-bond donors (Lipinski definition) is 1. The SMILES string of the molecule is C[C@H]1C[C@H](OI)CCN1C(=O)CO. The summed E-state index contributed by atoms with van der Waals surface area (Å²) >= 11 is 1.90. The maximum Gasteiger partial charge on any atom is 0.248 e. The lowest BCUT2D eigenvalue weighted by molar-refractivity contribution is -0.138. The van der Waals surface area contributed by atoms with Crippen molar-refractivity contribution in [2.75, 3.05) is 13.2 Å². The van der Waals surface area contributed by atoms with Crippen molar-refractivity contribution in [1.82, 2.24) is 4.90 Å². The average molecular weight is 299 g/mol. The Morgan fingerprint density at radius 3 is 2.92 bits per heavy atom. The first-order valence-electron chi connectivity index (χ1n) is 4.36. The van der Waals surface area contributed by atoms with Gasteiger partial charge in [-0.2, -0.15) is 0 Å². The van der Waals surface area contributed by atoms with Gasteiger partial charge in [0.2, 0.25) is 5.91 Å². The molecule has 1 aliphatic heterocycles. The van der Waals surface area contributed by atoms with E-state index >= 15 is 0 Å². The van der Waals surface area contributed by atoms with E-state index < -0.39 is 0 Å². The predicted molar refractivity (Wildman–Crippen MR) is 56.4 cm³/mol. The minimum atomic E-state index is -0.389. The Morgan fingerprint density at radius 2 is 2.46 bits per heavy atom. The zero-order chi connectivity index (χ0) is 9.84. The maximum atomic E-state index is 11.2. The normalized spacial score (nSPS) is 29.0. The molecule has 1 fully saturated rings. The molecule has 0 spiro atoms. The lowest BCUT2D eigenvalue weighted by atomic mass is 10.0. The third-order valence-electron chi connectivity index (χ3n) is 2.41. The second-order valence-corrected chi connectivity index (χ2v) is 3.84. The summed E-state index contributed by atoms with van der Waals surface area (Å²) < 4.78 is 5.19. The van der Waals surface area contributed by atoms with Gasteiger partial charge in [0.05, 0.1) is 6.10 Å². The van der Waals surface area contributed by atoms with Crippen LogP contribution in [0.4, 0.5) is 0 Å². The van der Waals surface area contributed by atoms with Crippen LogP contribution in [0.15, 0.2) is 0 Å². The summed E-state index contributed by atoms with van der Waals surface area (Å²) in [5, 5.41) is 8.70. The van der Waals surface area contributed by atoms with Crippen LogP contribution in [-0.4, -0.2) is 41.2 Å². The molecule has 0 saturated carbocycles. The predicted octanol–water partition coefficient (Wildman–Crippen LogP) is 0.725. The van der Waals surface area contributed by atoms with Gasteiger partial charge in [0.1, 0.15) is 29.6 Å². The molecular weight excluding hydrogens is 285 g/mol. The van der Waals surface area contributed by atoms with Crippen molar-refractivity contribution in [2.45, 2.75) is 31.9 Å². The van der Waals surface area contributed by atoms with Crippen LogP contribution in [0.25, 0.3) is 0 Å². The summed E-state index contributed by atoms with van der Waals surface area (Å²) in [6, 6.07) is 0.174. The highest BCUT2D eigenvalue weighted by Crippen LogP contribution is 2.21. The Balaban J connectivity index is 2.48. The smallest absolute Gasteiger partial charge is 0.248 e. The fourth-order valence-electron chi connectivity index (χ4n) is 1.67. The zero-order valence-electron chi connectivity index (χ0n) is 7.57. The third-order valence-corrected chi connectivity index (χ3v) is 3.13. The number of aliphatic hydroxyl groups excluding tert-OH is 1. The van der Waals surface area contributed by atoms with Crippen LogP contribution < -0.4 is 0 Å². The second-order valence-electron chi connectivity index (χ2n) is 3.33. The summed E-state index contributed by atoms with van der Waals surface area (Å²) in [5.74, 6) is -0.181. The summed E-state index contributed by atoms with van der Waals surface area (Å²) in [4.78, 5) is 12.9. The topological polar surface area (TPSA) is 49.8 Å². The van der Waals surface area contributed by atoms with Gasteiger partial charge in [-0.1, -0.05) is 0 Å². The molecule has 0 aromatic carbocycles. The van der Waals surface area contributed by atoms with E-state index in [9.17, 15) is 4.79 Å². The zero-order valence-corrected chi connectivity index (χ0v) is 9.73. The van der Waals surface area contributed by atoms with E-state index in [1.807, 2.05) is 29.9 Å². The molecule has 13 heavy (non-hydrogen) atoms. The molecule has 1 aliphatic rings. The van der Waals surface area contributed by atoms with Gasteiger partial charge in [0.25, 0.3) is 0 Å². The van der Waals surface area contributed by atoms with Crippen LogP contribution in [0.2, 0.25) is 0 Å². The maximum absolute atomic E-state index is 11.2. The van der Waals surface area contributed by atoms with Crippen LogP contribution in [-0.2, 0) is 7.86 Å². The van der Waals surface area contributed by atoms with E-state index in [0.717, 1.165) is 12.8 Å². The van der Waals surface area contributed by atoms with Crippen molar-refractivity contribution < 1.29 is 13.0 Å². The molecule has 1 amide bonds. The lowest BCUT2D eigenvalue weighted by Crippen LogP contribution is -2.47. The molecule has 0 aromatic rings. The average Bonchev–Trinajstić information content (AvgIpc) is 2.16. The van der Waals surface area contributed by atoms with Crippen molar-refractivity contribution in [2.24, 2.45) is 0 Å². The summed E-state index contributed by atoms with van der Waals surface area (Å²) in [5.41, 5.74) is 0. The van der Waals surface area contributed by atoms with Gasteiger partial charge in [-0.15, -0.1) is 0 Å². The molecule has 1 heterocycles. The van der Waals surface area contributed by atoms with E-state index in [-0.39, 0.29) is 24.7 Å². The fraction of sp³-hybridized carbons (Fsp3) is 0.875. The number of amides is 1. The molecule has 1 saturated heterocycles. The first-order valence-corrected chi connectivity index (χ1v) is 5.24. The Hall–Kier alpha value is 0.120. The van der Waals surface area contributed by atoms with Gasteiger partial charge < -0.3 is 13.1 Å². The van der Waals surface area contributed by atoms with E-state index in [1.54, 1.807) is 4.90 Å². The van der Waals surface area contributed by atoms with Gasteiger partial charge in [-0.25, -0.2) is 0 Å². The highest BCUT2D eigenvalue weighted by Gasteiger charge is 2.28. The molecule has 76 valence electrons. The van der Waals surface area contributed by atoms with Crippen molar-refractivity contribution in [3.8, 4) is 0 Å². The minimum Gasteiger partial charge on any atom is -0.387 e. The molecule has 1 rings (SSSR count). The van der Waals surface area contributed by atoms with Gasteiger partial charge in [0, 0.05) is 12.6 Å². The summed E-state index contributed by atoms with van der Waals surface area (Å²) in [7, 11) is 0. The number of aliphatic hydroxyl groups is 1. The van der Waals surface area contributed by atoms with Crippen LogP contribution in [0, 0.1) is 0 Å². The lowest BCUT2D eigenvalue weighted by Gasteiger charge is -2.36. The van der Waals surface area contributed by atoms with E-state index in [1.165, 1.54) is 0 Å². The van der Waals surface area contributed by atoms with E-state index in [2.05, 4.69) is 0 Å².